The minimum atomic E-state index is 0.941. The van der Waals surface area contributed by atoms with Gasteiger partial charge in [-0.3, -0.25) is 4.68 Å². The topological polar surface area (TPSA) is 30.7 Å². The Balaban J connectivity index is 1.98. The van der Waals surface area contributed by atoms with Gasteiger partial charge in [-0.15, -0.1) is 11.3 Å². The first-order valence-electron chi connectivity index (χ1n) is 4.65. The van der Waals surface area contributed by atoms with E-state index in [1.807, 2.05) is 29.4 Å². The quantitative estimate of drug-likeness (QED) is 0.772. The van der Waals surface area contributed by atoms with E-state index in [9.17, 15) is 0 Å². The van der Waals surface area contributed by atoms with Crippen molar-refractivity contribution in [1.29, 1.82) is 0 Å². The van der Waals surface area contributed by atoms with Gasteiger partial charge in [-0.2, -0.15) is 5.10 Å². The van der Waals surface area contributed by atoms with Crippen LogP contribution in [0.2, 0.25) is 0 Å². The molecule has 0 radical (unpaired) electrons. The van der Waals surface area contributed by atoms with Gasteiger partial charge in [0.15, 0.2) is 0 Å². The molecule has 14 heavy (non-hydrogen) atoms. The number of aryl methyl sites for hydroxylation is 4. The summed E-state index contributed by atoms with van der Waals surface area (Å²) in [6, 6.07) is 2.03. The Bertz CT molecular complexity index is 416. The molecule has 0 unspecified atom stereocenters. The van der Waals surface area contributed by atoms with Gasteiger partial charge in [0, 0.05) is 24.0 Å². The molecule has 0 aliphatic carbocycles. The van der Waals surface area contributed by atoms with Crippen molar-refractivity contribution in [3.8, 4) is 0 Å². The fourth-order valence-electron chi connectivity index (χ4n) is 1.37. The second-order valence-corrected chi connectivity index (χ2v) is 4.27. The first-order valence-corrected chi connectivity index (χ1v) is 5.52. The zero-order valence-corrected chi connectivity index (χ0v) is 9.21. The highest BCUT2D eigenvalue weighted by Crippen LogP contribution is 2.13. The summed E-state index contributed by atoms with van der Waals surface area (Å²) in [7, 11) is 0. The fourth-order valence-corrected chi connectivity index (χ4v) is 2.14. The lowest BCUT2D eigenvalue weighted by Crippen LogP contribution is -2.01. The zero-order valence-electron chi connectivity index (χ0n) is 8.40. The Kier molecular flexibility index (Phi) is 2.63. The minimum Gasteiger partial charge on any atom is -0.272 e. The van der Waals surface area contributed by atoms with Gasteiger partial charge in [0.2, 0.25) is 0 Å². The molecule has 0 fully saturated rings. The Morgan fingerprint density at radius 3 is 2.86 bits per heavy atom. The van der Waals surface area contributed by atoms with Crippen molar-refractivity contribution in [2.24, 2.45) is 0 Å². The Morgan fingerprint density at radius 2 is 2.29 bits per heavy atom. The van der Waals surface area contributed by atoms with Gasteiger partial charge < -0.3 is 0 Å². The third kappa shape index (κ3) is 2.01. The normalized spacial score (nSPS) is 10.7. The molecule has 2 aromatic heterocycles. The number of aromatic nitrogens is 3. The van der Waals surface area contributed by atoms with E-state index in [2.05, 4.69) is 17.0 Å². The van der Waals surface area contributed by atoms with Crippen LogP contribution in [-0.2, 0) is 13.0 Å². The number of thiazole rings is 1. The summed E-state index contributed by atoms with van der Waals surface area (Å²) in [5, 5.41) is 4.34. The van der Waals surface area contributed by atoms with Crippen LogP contribution in [0.1, 0.15) is 16.3 Å². The lowest BCUT2D eigenvalue weighted by Gasteiger charge is -1.99. The summed E-state index contributed by atoms with van der Waals surface area (Å²) in [6.45, 7) is 5.01. The molecule has 2 heterocycles. The van der Waals surface area contributed by atoms with E-state index in [4.69, 9.17) is 0 Å². The summed E-state index contributed by atoms with van der Waals surface area (Å²) >= 11 is 1.72. The average Bonchev–Trinajstić information content (AvgIpc) is 2.72. The Labute approximate surface area is 87.4 Å². The Hall–Kier alpha value is -1.16. The van der Waals surface area contributed by atoms with Crippen LogP contribution in [0.15, 0.2) is 17.8 Å². The number of rotatable bonds is 3. The van der Waals surface area contributed by atoms with E-state index < -0.39 is 0 Å². The van der Waals surface area contributed by atoms with Crippen molar-refractivity contribution in [1.82, 2.24) is 14.8 Å². The van der Waals surface area contributed by atoms with Crippen LogP contribution in [0, 0.1) is 13.8 Å². The van der Waals surface area contributed by atoms with E-state index in [-0.39, 0.29) is 0 Å². The summed E-state index contributed by atoms with van der Waals surface area (Å²) in [5.74, 6) is 0. The van der Waals surface area contributed by atoms with Gasteiger partial charge in [-0.05, 0) is 19.9 Å². The highest BCUT2D eigenvalue weighted by Gasteiger charge is 2.01. The summed E-state index contributed by atoms with van der Waals surface area (Å²) in [4.78, 5) is 5.58. The van der Waals surface area contributed by atoms with Crippen LogP contribution in [0.5, 0.6) is 0 Å². The molecule has 0 amide bonds. The van der Waals surface area contributed by atoms with Gasteiger partial charge in [0.1, 0.15) is 0 Å². The average molecular weight is 207 g/mol. The molecule has 74 valence electrons. The molecule has 0 saturated carbocycles. The molecule has 0 aliphatic heterocycles. The SMILES string of the molecule is Cc1ccn(CCc2scnc2C)n1. The zero-order chi connectivity index (χ0) is 9.97. The highest BCUT2D eigenvalue weighted by atomic mass is 32.1. The standard InChI is InChI=1S/C10H13N3S/c1-8-3-5-13(12-8)6-4-10-9(2)11-7-14-10/h3,5,7H,4,6H2,1-2H3. The van der Waals surface area contributed by atoms with Crippen LogP contribution >= 0.6 is 11.3 Å². The van der Waals surface area contributed by atoms with Crippen LogP contribution < -0.4 is 0 Å². The van der Waals surface area contributed by atoms with Crippen molar-refractivity contribution in [2.45, 2.75) is 26.8 Å². The second kappa shape index (κ2) is 3.92. The van der Waals surface area contributed by atoms with E-state index in [0.29, 0.717) is 0 Å². The first kappa shape index (κ1) is 9.40. The molecule has 0 spiro atoms. The minimum absolute atomic E-state index is 0.941. The van der Waals surface area contributed by atoms with Gasteiger partial charge in [-0.25, -0.2) is 4.98 Å². The molecule has 0 atom stereocenters. The summed E-state index contributed by atoms with van der Waals surface area (Å²) < 4.78 is 1.98. The Morgan fingerprint density at radius 1 is 1.43 bits per heavy atom. The molecule has 4 heteroatoms. The van der Waals surface area contributed by atoms with Crippen molar-refractivity contribution < 1.29 is 0 Å². The molecule has 0 N–H and O–H groups in total. The van der Waals surface area contributed by atoms with Gasteiger partial charge >= 0.3 is 0 Å². The lowest BCUT2D eigenvalue weighted by molar-refractivity contribution is 0.612. The number of hydrogen-bond donors (Lipinski definition) is 0. The third-order valence-corrected chi connectivity index (χ3v) is 3.18. The van der Waals surface area contributed by atoms with Crippen molar-refractivity contribution in [3.63, 3.8) is 0 Å². The van der Waals surface area contributed by atoms with Crippen LogP contribution in [-0.4, -0.2) is 14.8 Å². The molecular formula is C10H13N3S. The van der Waals surface area contributed by atoms with Crippen LogP contribution in [0.25, 0.3) is 0 Å². The molecular weight excluding hydrogens is 194 g/mol. The maximum atomic E-state index is 4.34. The van der Waals surface area contributed by atoms with E-state index in [1.165, 1.54) is 4.88 Å². The third-order valence-electron chi connectivity index (χ3n) is 2.19. The smallest absolute Gasteiger partial charge is 0.0797 e. The van der Waals surface area contributed by atoms with E-state index >= 15 is 0 Å². The molecule has 0 aromatic carbocycles. The van der Waals surface area contributed by atoms with Crippen LogP contribution in [0.3, 0.4) is 0 Å². The van der Waals surface area contributed by atoms with E-state index in [1.54, 1.807) is 11.3 Å². The second-order valence-electron chi connectivity index (χ2n) is 3.33. The molecule has 0 aliphatic rings. The van der Waals surface area contributed by atoms with Gasteiger partial charge in [-0.1, -0.05) is 0 Å². The van der Waals surface area contributed by atoms with Crippen LogP contribution in [0.4, 0.5) is 0 Å². The monoisotopic (exact) mass is 207 g/mol. The molecule has 0 saturated heterocycles. The molecule has 3 nitrogen and oxygen atoms in total. The summed E-state index contributed by atoms with van der Waals surface area (Å²) in [6.07, 6.45) is 3.04. The number of hydrogen-bond acceptors (Lipinski definition) is 3. The molecule has 2 rings (SSSR count). The maximum Gasteiger partial charge on any atom is 0.0797 e. The largest absolute Gasteiger partial charge is 0.272 e. The first-order chi connectivity index (χ1) is 6.75. The predicted octanol–water partition coefficient (Wildman–Crippen LogP) is 2.20. The molecule has 2 aromatic rings. The highest BCUT2D eigenvalue weighted by molar-refractivity contribution is 7.09. The van der Waals surface area contributed by atoms with Crippen molar-refractivity contribution in [3.05, 3.63) is 34.0 Å². The number of nitrogens with zero attached hydrogens (tertiary/aromatic N) is 3. The predicted molar refractivity (Wildman–Crippen MR) is 57.5 cm³/mol. The fraction of sp³-hybridized carbons (Fsp3) is 0.400. The van der Waals surface area contributed by atoms with Crippen molar-refractivity contribution in [2.75, 3.05) is 0 Å². The van der Waals surface area contributed by atoms with Gasteiger partial charge in [0.05, 0.1) is 16.9 Å². The van der Waals surface area contributed by atoms with Gasteiger partial charge in [0.25, 0.3) is 0 Å². The van der Waals surface area contributed by atoms with E-state index in [0.717, 1.165) is 24.4 Å². The van der Waals surface area contributed by atoms with Crippen molar-refractivity contribution >= 4 is 11.3 Å². The molecule has 0 bridgehead atoms. The lowest BCUT2D eigenvalue weighted by atomic mass is 10.3. The maximum absolute atomic E-state index is 4.34. The summed E-state index contributed by atoms with van der Waals surface area (Å²) in [5.41, 5.74) is 4.13.